The van der Waals surface area contributed by atoms with E-state index in [4.69, 9.17) is 4.52 Å². The second-order valence-electron chi connectivity index (χ2n) is 7.77. The van der Waals surface area contributed by atoms with Crippen molar-refractivity contribution in [2.45, 2.75) is 62.1 Å². The molecule has 1 N–H and O–H groups in total. The van der Waals surface area contributed by atoms with Crippen LogP contribution in [-0.4, -0.2) is 42.9 Å². The quantitative estimate of drug-likeness (QED) is 0.921. The topological polar surface area (TPSA) is 84.4 Å². The fourth-order valence-corrected chi connectivity index (χ4v) is 4.68. The van der Waals surface area contributed by atoms with Crippen molar-refractivity contribution in [2.24, 2.45) is 7.05 Å². The third-order valence-electron chi connectivity index (χ3n) is 6.03. The molecule has 2 saturated heterocycles. The smallest absolute Gasteiger partial charge is 0.276 e. The Morgan fingerprint density at radius 1 is 1.28 bits per heavy atom. The van der Waals surface area contributed by atoms with Crippen molar-refractivity contribution >= 4 is 5.91 Å². The number of hydrogen-bond donors (Lipinski definition) is 1. The zero-order chi connectivity index (χ0) is 17.2. The number of aromatic nitrogens is 3. The molecule has 3 atom stereocenters. The van der Waals surface area contributed by atoms with E-state index >= 15 is 0 Å². The summed E-state index contributed by atoms with van der Waals surface area (Å²) in [5, 5.41) is 19.4. The number of aryl methyl sites for hydroxylation is 1. The first kappa shape index (κ1) is 15.1. The zero-order valence-electron chi connectivity index (χ0n) is 14.3. The summed E-state index contributed by atoms with van der Waals surface area (Å²) in [7, 11) is 1.85. The van der Waals surface area contributed by atoms with Crippen LogP contribution in [0.2, 0.25) is 0 Å². The molecule has 3 aliphatic rings. The normalized spacial score (nSPS) is 31.5. The molecule has 4 heterocycles. The first-order valence-corrected chi connectivity index (χ1v) is 9.05. The monoisotopic (exact) mass is 342 g/mol. The highest BCUT2D eigenvalue weighted by atomic mass is 16.5. The molecule has 25 heavy (non-hydrogen) atoms. The van der Waals surface area contributed by atoms with E-state index in [-0.39, 0.29) is 18.0 Å². The Kier molecular flexibility index (Phi) is 3.13. The molecule has 132 valence electrons. The highest BCUT2D eigenvalue weighted by Crippen LogP contribution is 2.46. The Morgan fingerprint density at radius 2 is 2.00 bits per heavy atom. The van der Waals surface area contributed by atoms with Crippen LogP contribution < -0.4 is 0 Å². The van der Waals surface area contributed by atoms with Crippen LogP contribution in [-0.2, 0) is 12.6 Å². The van der Waals surface area contributed by atoms with Gasteiger partial charge in [-0.3, -0.25) is 9.48 Å². The maximum absolute atomic E-state index is 13.0. The summed E-state index contributed by atoms with van der Waals surface area (Å²) in [5.74, 6) is 1.22. The Balaban J connectivity index is 1.40. The lowest BCUT2D eigenvalue weighted by molar-refractivity contribution is -0.0532. The van der Waals surface area contributed by atoms with E-state index in [1.54, 1.807) is 16.9 Å². The van der Waals surface area contributed by atoms with Crippen molar-refractivity contribution in [3.05, 3.63) is 35.5 Å². The molecule has 7 heteroatoms. The van der Waals surface area contributed by atoms with Gasteiger partial charge in [-0.15, -0.1) is 0 Å². The summed E-state index contributed by atoms with van der Waals surface area (Å²) >= 11 is 0. The second kappa shape index (κ2) is 5.17. The van der Waals surface area contributed by atoms with E-state index in [1.165, 1.54) is 0 Å². The number of rotatable bonds is 3. The minimum atomic E-state index is -0.920. The van der Waals surface area contributed by atoms with Crippen LogP contribution in [0.5, 0.6) is 0 Å². The SMILES string of the molecule is Cn1nccc1C1(O)C[C@H]2CC[C@@H](C1)N2C(=O)c1cc(C2CC2)on1. The fraction of sp³-hybridized carbons (Fsp3) is 0.611. The molecule has 2 aliphatic heterocycles. The van der Waals surface area contributed by atoms with Crippen LogP contribution in [0.15, 0.2) is 22.9 Å². The summed E-state index contributed by atoms with van der Waals surface area (Å²) in [6.07, 6.45) is 6.88. The van der Waals surface area contributed by atoms with Crippen molar-refractivity contribution in [2.75, 3.05) is 0 Å². The lowest BCUT2D eigenvalue weighted by Gasteiger charge is -2.43. The lowest BCUT2D eigenvalue weighted by atomic mass is 9.83. The maximum atomic E-state index is 13.0. The molecule has 1 aliphatic carbocycles. The average molecular weight is 342 g/mol. The van der Waals surface area contributed by atoms with Crippen LogP contribution in [0, 0.1) is 0 Å². The molecule has 5 rings (SSSR count). The van der Waals surface area contributed by atoms with Gasteiger partial charge in [-0.2, -0.15) is 5.10 Å². The molecular formula is C18H22N4O3. The third kappa shape index (κ3) is 2.33. The molecule has 3 fully saturated rings. The number of piperidine rings is 1. The predicted octanol–water partition coefficient (Wildman–Crippen LogP) is 1.94. The molecule has 2 bridgehead atoms. The van der Waals surface area contributed by atoms with Gasteiger partial charge in [-0.1, -0.05) is 5.16 Å². The molecule has 1 saturated carbocycles. The number of fused-ring (bicyclic) bond motifs is 2. The molecule has 7 nitrogen and oxygen atoms in total. The van der Waals surface area contributed by atoms with Crippen LogP contribution in [0.25, 0.3) is 0 Å². The first-order chi connectivity index (χ1) is 12.0. The van der Waals surface area contributed by atoms with Gasteiger partial charge in [0.05, 0.1) is 5.69 Å². The summed E-state index contributed by atoms with van der Waals surface area (Å²) < 4.78 is 7.08. The van der Waals surface area contributed by atoms with Crippen LogP contribution in [0.4, 0.5) is 0 Å². The number of amides is 1. The Hall–Kier alpha value is -2.15. The van der Waals surface area contributed by atoms with Gasteiger partial charge in [0.15, 0.2) is 5.69 Å². The Bertz CT molecular complexity index is 808. The summed E-state index contributed by atoms with van der Waals surface area (Å²) in [4.78, 5) is 14.9. The fourth-order valence-electron chi connectivity index (χ4n) is 4.68. The highest BCUT2D eigenvalue weighted by Gasteiger charge is 2.51. The molecule has 2 aromatic rings. The number of aliphatic hydroxyl groups is 1. The van der Waals surface area contributed by atoms with Gasteiger partial charge < -0.3 is 14.5 Å². The van der Waals surface area contributed by atoms with E-state index in [1.807, 2.05) is 18.0 Å². The average Bonchev–Trinajstić information content (AvgIpc) is 3.01. The van der Waals surface area contributed by atoms with E-state index in [0.717, 1.165) is 37.1 Å². The first-order valence-electron chi connectivity index (χ1n) is 9.05. The van der Waals surface area contributed by atoms with Gasteiger partial charge in [-0.25, -0.2) is 0 Å². The molecule has 0 radical (unpaired) electrons. The van der Waals surface area contributed by atoms with Gasteiger partial charge in [0, 0.05) is 50.2 Å². The Labute approximate surface area is 145 Å². The van der Waals surface area contributed by atoms with Crippen molar-refractivity contribution in [3.63, 3.8) is 0 Å². The van der Waals surface area contributed by atoms with Gasteiger partial charge in [0.2, 0.25) is 0 Å². The molecule has 0 aromatic carbocycles. The third-order valence-corrected chi connectivity index (χ3v) is 6.03. The number of carbonyl (C=O) groups excluding carboxylic acids is 1. The highest BCUT2D eigenvalue weighted by molar-refractivity contribution is 5.93. The largest absolute Gasteiger partial charge is 0.383 e. The summed E-state index contributed by atoms with van der Waals surface area (Å²) in [5.41, 5.74) is 0.315. The van der Waals surface area contributed by atoms with Crippen molar-refractivity contribution in [1.29, 1.82) is 0 Å². The number of hydrogen-bond acceptors (Lipinski definition) is 5. The standard InChI is InChI=1S/C18H22N4O3/c1-21-16(6-7-19-21)18(24)9-12-4-5-13(10-18)22(12)17(23)14-8-15(25-20-14)11-2-3-11/h6-8,11-13,24H,2-5,9-10H2,1H3/t12-,13+,18?. The van der Waals surface area contributed by atoms with E-state index < -0.39 is 5.60 Å². The van der Waals surface area contributed by atoms with Crippen molar-refractivity contribution < 1.29 is 14.4 Å². The number of carbonyl (C=O) groups is 1. The van der Waals surface area contributed by atoms with E-state index in [0.29, 0.717) is 24.5 Å². The lowest BCUT2D eigenvalue weighted by Crippen LogP contribution is -2.52. The summed E-state index contributed by atoms with van der Waals surface area (Å²) in [6, 6.07) is 3.75. The molecule has 1 amide bonds. The van der Waals surface area contributed by atoms with Gasteiger partial charge in [0.1, 0.15) is 11.4 Å². The minimum Gasteiger partial charge on any atom is -0.383 e. The Morgan fingerprint density at radius 3 is 2.60 bits per heavy atom. The van der Waals surface area contributed by atoms with Crippen LogP contribution in [0.1, 0.15) is 66.4 Å². The van der Waals surface area contributed by atoms with Crippen molar-refractivity contribution in [1.82, 2.24) is 19.8 Å². The maximum Gasteiger partial charge on any atom is 0.276 e. The minimum absolute atomic E-state index is 0.0345. The molecular weight excluding hydrogens is 320 g/mol. The second-order valence-corrected chi connectivity index (χ2v) is 7.77. The van der Waals surface area contributed by atoms with Gasteiger partial charge in [0.25, 0.3) is 5.91 Å². The number of nitrogens with zero attached hydrogens (tertiary/aromatic N) is 4. The van der Waals surface area contributed by atoms with Gasteiger partial charge in [-0.05, 0) is 31.7 Å². The molecule has 0 spiro atoms. The van der Waals surface area contributed by atoms with Crippen LogP contribution >= 0.6 is 0 Å². The van der Waals surface area contributed by atoms with Gasteiger partial charge >= 0.3 is 0 Å². The van der Waals surface area contributed by atoms with E-state index in [2.05, 4.69) is 10.3 Å². The van der Waals surface area contributed by atoms with Crippen LogP contribution in [0.3, 0.4) is 0 Å². The summed E-state index contributed by atoms with van der Waals surface area (Å²) in [6.45, 7) is 0. The zero-order valence-corrected chi connectivity index (χ0v) is 14.3. The predicted molar refractivity (Wildman–Crippen MR) is 87.8 cm³/mol. The van der Waals surface area contributed by atoms with Crippen molar-refractivity contribution in [3.8, 4) is 0 Å². The molecule has 2 aromatic heterocycles. The van der Waals surface area contributed by atoms with E-state index in [9.17, 15) is 9.90 Å². The molecule has 1 unspecified atom stereocenters.